The van der Waals surface area contributed by atoms with Crippen LogP contribution in [-0.4, -0.2) is 16.0 Å². The van der Waals surface area contributed by atoms with Crippen LogP contribution in [0.15, 0.2) is 6.07 Å². The van der Waals surface area contributed by atoms with Crippen LogP contribution in [0.4, 0.5) is 5.82 Å². The van der Waals surface area contributed by atoms with Gasteiger partial charge in [-0.25, -0.2) is 9.97 Å². The molecule has 1 fully saturated rings. The molecule has 0 amide bonds. The van der Waals surface area contributed by atoms with Crippen molar-refractivity contribution in [3.05, 3.63) is 17.6 Å². The number of aryl methyl sites for hydroxylation is 2. The summed E-state index contributed by atoms with van der Waals surface area (Å²) in [5, 5.41) is 3.56. The number of nitrogens with zero attached hydrogens (tertiary/aromatic N) is 2. The molecule has 16 heavy (non-hydrogen) atoms. The summed E-state index contributed by atoms with van der Waals surface area (Å²) >= 11 is 0. The van der Waals surface area contributed by atoms with Crippen molar-refractivity contribution in [3.8, 4) is 0 Å². The molecule has 1 N–H and O–H groups in total. The summed E-state index contributed by atoms with van der Waals surface area (Å²) in [6.45, 7) is 8.62. The highest BCUT2D eigenvalue weighted by atomic mass is 15.1. The minimum Gasteiger partial charge on any atom is -0.367 e. The normalized spacial score (nSPS) is 23.4. The lowest BCUT2D eigenvalue weighted by atomic mass is 9.87. The SMILES string of the molecule is Cc1cc(NC2CCCC2(C)C)nc(C)n1. The standard InChI is InChI=1S/C13H21N3/c1-9-8-12(15-10(2)14-9)16-11-6-5-7-13(11,3)4/h8,11H,5-7H2,1-4H3,(H,14,15,16). The Hall–Kier alpha value is -1.12. The van der Waals surface area contributed by atoms with Gasteiger partial charge in [-0.05, 0) is 32.1 Å². The van der Waals surface area contributed by atoms with Crippen LogP contribution in [0.1, 0.15) is 44.6 Å². The molecule has 2 rings (SSSR count). The third kappa shape index (κ3) is 2.34. The predicted octanol–water partition coefficient (Wildman–Crippen LogP) is 3.08. The van der Waals surface area contributed by atoms with Gasteiger partial charge in [-0.15, -0.1) is 0 Å². The van der Waals surface area contributed by atoms with Crippen molar-refractivity contribution in [1.29, 1.82) is 0 Å². The van der Waals surface area contributed by atoms with Crippen LogP contribution < -0.4 is 5.32 Å². The Labute approximate surface area is 97.7 Å². The van der Waals surface area contributed by atoms with Crippen LogP contribution in [0.25, 0.3) is 0 Å². The van der Waals surface area contributed by atoms with Crippen LogP contribution in [0, 0.1) is 19.3 Å². The van der Waals surface area contributed by atoms with Crippen LogP contribution in [0.3, 0.4) is 0 Å². The highest BCUT2D eigenvalue weighted by Crippen LogP contribution is 2.38. The van der Waals surface area contributed by atoms with E-state index in [0.717, 1.165) is 17.3 Å². The van der Waals surface area contributed by atoms with Crippen molar-refractivity contribution in [1.82, 2.24) is 9.97 Å². The molecule has 1 aliphatic rings. The van der Waals surface area contributed by atoms with Gasteiger partial charge in [0.25, 0.3) is 0 Å². The molecule has 1 aromatic rings. The molecule has 1 atom stereocenters. The average Bonchev–Trinajstić information content (AvgIpc) is 2.44. The zero-order valence-electron chi connectivity index (χ0n) is 10.7. The minimum atomic E-state index is 0.382. The minimum absolute atomic E-state index is 0.382. The van der Waals surface area contributed by atoms with Gasteiger partial charge in [0.15, 0.2) is 0 Å². The number of rotatable bonds is 2. The maximum atomic E-state index is 4.44. The van der Waals surface area contributed by atoms with Crippen LogP contribution in [0.2, 0.25) is 0 Å². The Morgan fingerprint density at radius 3 is 2.62 bits per heavy atom. The van der Waals surface area contributed by atoms with E-state index in [2.05, 4.69) is 29.1 Å². The summed E-state index contributed by atoms with van der Waals surface area (Å²) in [5.41, 5.74) is 1.41. The summed E-state index contributed by atoms with van der Waals surface area (Å²) in [4.78, 5) is 8.73. The van der Waals surface area contributed by atoms with E-state index in [-0.39, 0.29) is 0 Å². The molecule has 0 spiro atoms. The van der Waals surface area contributed by atoms with Gasteiger partial charge < -0.3 is 5.32 Å². The fourth-order valence-electron chi connectivity index (χ4n) is 2.56. The van der Waals surface area contributed by atoms with E-state index < -0.39 is 0 Å². The summed E-state index contributed by atoms with van der Waals surface area (Å²) < 4.78 is 0. The highest BCUT2D eigenvalue weighted by Gasteiger charge is 2.34. The molecular weight excluding hydrogens is 198 g/mol. The Kier molecular flexibility index (Phi) is 2.87. The third-order valence-electron chi connectivity index (χ3n) is 3.55. The molecule has 0 bridgehead atoms. The number of hydrogen-bond acceptors (Lipinski definition) is 3. The number of anilines is 1. The van der Waals surface area contributed by atoms with Crippen molar-refractivity contribution in [2.24, 2.45) is 5.41 Å². The molecule has 1 aliphatic carbocycles. The summed E-state index contributed by atoms with van der Waals surface area (Å²) in [6.07, 6.45) is 3.86. The maximum absolute atomic E-state index is 4.44. The molecular formula is C13H21N3. The molecule has 1 heterocycles. The monoisotopic (exact) mass is 219 g/mol. The Morgan fingerprint density at radius 1 is 1.31 bits per heavy atom. The van der Waals surface area contributed by atoms with E-state index in [1.165, 1.54) is 19.3 Å². The molecule has 1 aromatic heterocycles. The van der Waals surface area contributed by atoms with E-state index >= 15 is 0 Å². The van der Waals surface area contributed by atoms with Gasteiger partial charge in [0.1, 0.15) is 11.6 Å². The Bertz CT molecular complexity index is 365. The van der Waals surface area contributed by atoms with Gasteiger partial charge >= 0.3 is 0 Å². The van der Waals surface area contributed by atoms with E-state index in [1.807, 2.05) is 19.9 Å². The van der Waals surface area contributed by atoms with Crippen LogP contribution in [0.5, 0.6) is 0 Å². The average molecular weight is 219 g/mol. The van der Waals surface area contributed by atoms with Crippen molar-refractivity contribution < 1.29 is 0 Å². The predicted molar refractivity (Wildman–Crippen MR) is 66.5 cm³/mol. The maximum Gasteiger partial charge on any atom is 0.130 e. The van der Waals surface area contributed by atoms with E-state index in [9.17, 15) is 0 Å². The fourth-order valence-corrected chi connectivity index (χ4v) is 2.56. The lowest BCUT2D eigenvalue weighted by molar-refractivity contribution is 0.349. The zero-order chi connectivity index (χ0) is 11.8. The largest absolute Gasteiger partial charge is 0.367 e. The zero-order valence-corrected chi connectivity index (χ0v) is 10.7. The second kappa shape index (κ2) is 4.04. The molecule has 88 valence electrons. The van der Waals surface area contributed by atoms with Crippen LogP contribution in [-0.2, 0) is 0 Å². The van der Waals surface area contributed by atoms with Gasteiger partial charge in [-0.1, -0.05) is 20.3 Å². The number of hydrogen-bond donors (Lipinski definition) is 1. The van der Waals surface area contributed by atoms with Crippen molar-refractivity contribution in [2.75, 3.05) is 5.32 Å². The molecule has 0 aliphatic heterocycles. The summed E-state index contributed by atoms with van der Waals surface area (Å²) in [6, 6.07) is 2.57. The first-order valence-electron chi connectivity index (χ1n) is 6.06. The quantitative estimate of drug-likeness (QED) is 0.830. The second-order valence-electron chi connectivity index (χ2n) is 5.52. The molecule has 0 saturated heterocycles. The first kappa shape index (κ1) is 11.4. The summed E-state index contributed by atoms with van der Waals surface area (Å²) in [7, 11) is 0. The fraction of sp³-hybridized carbons (Fsp3) is 0.692. The van der Waals surface area contributed by atoms with E-state index in [4.69, 9.17) is 0 Å². The molecule has 0 aromatic carbocycles. The number of nitrogens with one attached hydrogen (secondary N) is 1. The number of aromatic nitrogens is 2. The van der Waals surface area contributed by atoms with Gasteiger partial charge in [0.05, 0.1) is 0 Å². The first-order valence-corrected chi connectivity index (χ1v) is 6.06. The molecule has 3 heteroatoms. The molecule has 1 saturated carbocycles. The topological polar surface area (TPSA) is 37.8 Å². The third-order valence-corrected chi connectivity index (χ3v) is 3.55. The van der Waals surface area contributed by atoms with Gasteiger partial charge in [0.2, 0.25) is 0 Å². The Morgan fingerprint density at radius 2 is 2.06 bits per heavy atom. The van der Waals surface area contributed by atoms with E-state index in [1.54, 1.807) is 0 Å². The lowest BCUT2D eigenvalue weighted by Crippen LogP contribution is -2.31. The Balaban J connectivity index is 2.14. The first-order chi connectivity index (χ1) is 7.47. The van der Waals surface area contributed by atoms with Crippen LogP contribution >= 0.6 is 0 Å². The highest BCUT2D eigenvalue weighted by molar-refractivity contribution is 5.37. The lowest BCUT2D eigenvalue weighted by Gasteiger charge is -2.28. The van der Waals surface area contributed by atoms with Crippen molar-refractivity contribution >= 4 is 5.82 Å². The summed E-state index contributed by atoms with van der Waals surface area (Å²) in [5.74, 6) is 1.82. The smallest absolute Gasteiger partial charge is 0.130 e. The van der Waals surface area contributed by atoms with E-state index in [0.29, 0.717) is 11.5 Å². The molecule has 3 nitrogen and oxygen atoms in total. The van der Waals surface area contributed by atoms with Crippen molar-refractivity contribution in [3.63, 3.8) is 0 Å². The second-order valence-corrected chi connectivity index (χ2v) is 5.52. The molecule has 0 radical (unpaired) electrons. The van der Waals surface area contributed by atoms with Gasteiger partial charge in [-0.2, -0.15) is 0 Å². The molecule has 1 unspecified atom stereocenters. The van der Waals surface area contributed by atoms with Gasteiger partial charge in [0, 0.05) is 17.8 Å². The van der Waals surface area contributed by atoms with Crippen molar-refractivity contribution in [2.45, 2.75) is 53.0 Å². The van der Waals surface area contributed by atoms with Gasteiger partial charge in [-0.3, -0.25) is 0 Å².